The first-order valence-electron chi connectivity index (χ1n) is 6.28. The zero-order chi connectivity index (χ0) is 12.3. The van der Waals surface area contributed by atoms with Crippen molar-refractivity contribution in [2.45, 2.75) is 33.1 Å². The average Bonchev–Trinajstić information content (AvgIpc) is 2.39. The second-order valence-electron chi connectivity index (χ2n) is 4.67. The fourth-order valence-electron chi connectivity index (χ4n) is 2.21. The first-order valence-corrected chi connectivity index (χ1v) is 6.28. The topological polar surface area (TPSA) is 46.1 Å². The van der Waals surface area contributed by atoms with Gasteiger partial charge >= 0.3 is 0 Å². The van der Waals surface area contributed by atoms with Crippen LogP contribution in [0.15, 0.2) is 12.4 Å². The number of hydrogen-bond donors (Lipinski definition) is 0. The van der Waals surface area contributed by atoms with E-state index in [2.05, 4.69) is 21.8 Å². The Bertz CT molecular complexity index is 380. The minimum Gasteiger partial charge on any atom is -0.341 e. The van der Waals surface area contributed by atoms with E-state index in [4.69, 9.17) is 0 Å². The highest BCUT2D eigenvalue weighted by Crippen LogP contribution is 2.22. The fraction of sp³-hybridized carbons (Fsp3) is 0.615. The highest BCUT2D eigenvalue weighted by atomic mass is 16.1. The second kappa shape index (κ2) is 5.25. The SMILES string of the molecule is CCC1CCN(c2ncc(C(C)=O)cn2)CC1. The number of Topliss-reactive ketones (excluding diaryl/α,β-unsaturated/α-hetero) is 1. The molecule has 0 bridgehead atoms. The Kier molecular flexibility index (Phi) is 3.71. The Hall–Kier alpha value is -1.45. The van der Waals surface area contributed by atoms with Crippen molar-refractivity contribution in [2.75, 3.05) is 18.0 Å². The first kappa shape index (κ1) is 12.0. The largest absolute Gasteiger partial charge is 0.341 e. The number of rotatable bonds is 3. The zero-order valence-corrected chi connectivity index (χ0v) is 10.5. The van der Waals surface area contributed by atoms with E-state index in [9.17, 15) is 4.79 Å². The molecule has 4 heteroatoms. The molecule has 0 radical (unpaired) electrons. The summed E-state index contributed by atoms with van der Waals surface area (Å²) in [6, 6.07) is 0. The molecule has 0 saturated carbocycles. The van der Waals surface area contributed by atoms with Crippen LogP contribution in [-0.4, -0.2) is 28.8 Å². The van der Waals surface area contributed by atoms with Crippen molar-refractivity contribution in [1.29, 1.82) is 0 Å². The van der Waals surface area contributed by atoms with E-state index in [1.807, 2.05) is 0 Å². The van der Waals surface area contributed by atoms with Gasteiger partial charge in [0.15, 0.2) is 5.78 Å². The summed E-state index contributed by atoms with van der Waals surface area (Å²) >= 11 is 0. The Labute approximate surface area is 102 Å². The van der Waals surface area contributed by atoms with E-state index in [1.165, 1.54) is 26.2 Å². The van der Waals surface area contributed by atoms with Crippen molar-refractivity contribution >= 4 is 11.7 Å². The molecule has 0 atom stereocenters. The minimum absolute atomic E-state index is 0.0150. The van der Waals surface area contributed by atoms with Gasteiger partial charge in [-0.05, 0) is 25.7 Å². The van der Waals surface area contributed by atoms with Gasteiger partial charge in [0.1, 0.15) is 0 Å². The molecule has 1 aliphatic heterocycles. The molecule has 2 heterocycles. The lowest BCUT2D eigenvalue weighted by Gasteiger charge is -2.31. The van der Waals surface area contributed by atoms with Crippen LogP contribution in [0.1, 0.15) is 43.5 Å². The summed E-state index contributed by atoms with van der Waals surface area (Å²) < 4.78 is 0. The third-order valence-corrected chi connectivity index (χ3v) is 3.52. The summed E-state index contributed by atoms with van der Waals surface area (Å²) in [5.74, 6) is 1.62. The molecule has 0 aliphatic carbocycles. The normalized spacial score (nSPS) is 17.2. The van der Waals surface area contributed by atoms with Gasteiger partial charge in [0.25, 0.3) is 0 Å². The molecule has 1 aromatic rings. The Morgan fingerprint density at radius 2 is 1.94 bits per heavy atom. The standard InChI is InChI=1S/C13H19N3O/c1-3-11-4-6-16(7-5-11)13-14-8-12(9-15-13)10(2)17/h8-9,11H,3-7H2,1-2H3. The monoisotopic (exact) mass is 233 g/mol. The van der Waals surface area contributed by atoms with Gasteiger partial charge in [-0.2, -0.15) is 0 Å². The van der Waals surface area contributed by atoms with E-state index in [1.54, 1.807) is 12.4 Å². The summed E-state index contributed by atoms with van der Waals surface area (Å²) in [6.07, 6.45) is 6.94. The molecule has 2 rings (SSSR count). The molecule has 0 aromatic carbocycles. The number of anilines is 1. The molecule has 1 aromatic heterocycles. The molecule has 0 unspecified atom stereocenters. The predicted molar refractivity (Wildman–Crippen MR) is 67.3 cm³/mol. The Morgan fingerprint density at radius 3 is 2.41 bits per heavy atom. The molecule has 0 N–H and O–H groups in total. The zero-order valence-electron chi connectivity index (χ0n) is 10.5. The third-order valence-electron chi connectivity index (χ3n) is 3.52. The van der Waals surface area contributed by atoms with Crippen molar-refractivity contribution in [3.8, 4) is 0 Å². The van der Waals surface area contributed by atoms with Gasteiger partial charge in [0, 0.05) is 25.5 Å². The number of hydrogen-bond acceptors (Lipinski definition) is 4. The molecule has 1 saturated heterocycles. The lowest BCUT2D eigenvalue weighted by atomic mass is 9.95. The van der Waals surface area contributed by atoms with Crippen LogP contribution in [0.4, 0.5) is 5.95 Å². The van der Waals surface area contributed by atoms with Crippen LogP contribution >= 0.6 is 0 Å². The Morgan fingerprint density at radius 1 is 1.35 bits per heavy atom. The Balaban J connectivity index is 2.01. The molecule has 0 amide bonds. The third kappa shape index (κ3) is 2.81. The maximum atomic E-state index is 11.1. The van der Waals surface area contributed by atoms with E-state index < -0.39 is 0 Å². The number of aromatic nitrogens is 2. The summed E-state index contributed by atoms with van der Waals surface area (Å²) in [5, 5.41) is 0. The molecule has 4 nitrogen and oxygen atoms in total. The summed E-state index contributed by atoms with van der Waals surface area (Å²) in [5.41, 5.74) is 0.581. The minimum atomic E-state index is 0.0150. The number of nitrogens with zero attached hydrogens (tertiary/aromatic N) is 3. The first-order chi connectivity index (χ1) is 8.20. The van der Waals surface area contributed by atoms with E-state index >= 15 is 0 Å². The van der Waals surface area contributed by atoms with Crippen LogP contribution in [-0.2, 0) is 0 Å². The second-order valence-corrected chi connectivity index (χ2v) is 4.67. The lowest BCUT2D eigenvalue weighted by molar-refractivity contribution is 0.101. The fourth-order valence-corrected chi connectivity index (χ4v) is 2.21. The number of piperidine rings is 1. The number of ketones is 1. The molecule has 0 spiro atoms. The summed E-state index contributed by atoms with van der Waals surface area (Å²) in [4.78, 5) is 21.9. The quantitative estimate of drug-likeness (QED) is 0.752. The predicted octanol–water partition coefficient (Wildman–Crippen LogP) is 2.31. The lowest BCUT2D eigenvalue weighted by Crippen LogP contribution is -2.34. The summed E-state index contributed by atoms with van der Waals surface area (Å²) in [6.45, 7) is 5.83. The van der Waals surface area contributed by atoms with Crippen LogP contribution in [0.3, 0.4) is 0 Å². The van der Waals surface area contributed by atoms with Gasteiger partial charge in [0.2, 0.25) is 5.95 Å². The van der Waals surface area contributed by atoms with Gasteiger partial charge in [-0.3, -0.25) is 4.79 Å². The van der Waals surface area contributed by atoms with E-state index in [-0.39, 0.29) is 5.78 Å². The smallest absolute Gasteiger partial charge is 0.225 e. The van der Waals surface area contributed by atoms with Crippen molar-refractivity contribution in [1.82, 2.24) is 9.97 Å². The molecule has 92 valence electrons. The highest BCUT2D eigenvalue weighted by molar-refractivity contribution is 5.93. The molecule has 1 fully saturated rings. The average molecular weight is 233 g/mol. The van der Waals surface area contributed by atoms with Crippen LogP contribution in [0, 0.1) is 5.92 Å². The highest BCUT2D eigenvalue weighted by Gasteiger charge is 2.19. The van der Waals surface area contributed by atoms with Crippen LogP contribution < -0.4 is 4.90 Å². The van der Waals surface area contributed by atoms with Gasteiger partial charge in [-0.15, -0.1) is 0 Å². The van der Waals surface area contributed by atoms with Gasteiger partial charge in [-0.1, -0.05) is 13.3 Å². The number of carbonyl (C=O) groups excluding carboxylic acids is 1. The van der Waals surface area contributed by atoms with Gasteiger partial charge in [0.05, 0.1) is 5.56 Å². The van der Waals surface area contributed by atoms with Crippen molar-refractivity contribution < 1.29 is 4.79 Å². The van der Waals surface area contributed by atoms with Crippen LogP contribution in [0.5, 0.6) is 0 Å². The maximum Gasteiger partial charge on any atom is 0.225 e. The van der Waals surface area contributed by atoms with E-state index in [0.29, 0.717) is 5.56 Å². The van der Waals surface area contributed by atoms with Crippen molar-refractivity contribution in [3.05, 3.63) is 18.0 Å². The molecule has 1 aliphatic rings. The van der Waals surface area contributed by atoms with Gasteiger partial charge in [-0.25, -0.2) is 9.97 Å². The van der Waals surface area contributed by atoms with Crippen molar-refractivity contribution in [3.63, 3.8) is 0 Å². The van der Waals surface area contributed by atoms with E-state index in [0.717, 1.165) is 25.0 Å². The maximum absolute atomic E-state index is 11.1. The molecular formula is C13H19N3O. The number of carbonyl (C=O) groups is 1. The molecular weight excluding hydrogens is 214 g/mol. The summed E-state index contributed by atoms with van der Waals surface area (Å²) in [7, 11) is 0. The van der Waals surface area contributed by atoms with Crippen LogP contribution in [0.2, 0.25) is 0 Å². The van der Waals surface area contributed by atoms with Crippen molar-refractivity contribution in [2.24, 2.45) is 5.92 Å². The van der Waals surface area contributed by atoms with Gasteiger partial charge < -0.3 is 4.90 Å². The van der Waals surface area contributed by atoms with Crippen LogP contribution in [0.25, 0.3) is 0 Å². The molecule has 17 heavy (non-hydrogen) atoms.